The summed E-state index contributed by atoms with van der Waals surface area (Å²) in [4.78, 5) is 11.8. The topological polar surface area (TPSA) is 103 Å². The van der Waals surface area contributed by atoms with Crippen molar-refractivity contribution in [2.75, 3.05) is 10.8 Å². The summed E-state index contributed by atoms with van der Waals surface area (Å²) in [6.07, 6.45) is 5.48. The smallest absolute Gasteiger partial charge is 0.326 e. The average molecular weight is 531 g/mol. The fourth-order valence-electron chi connectivity index (χ4n) is 3.95. The Labute approximate surface area is 221 Å². The molecule has 2 heterocycles. The van der Waals surface area contributed by atoms with Crippen molar-refractivity contribution < 1.29 is 22.7 Å². The number of anilines is 1. The Bertz CT molecular complexity index is 1540. The van der Waals surface area contributed by atoms with E-state index in [1.807, 2.05) is 83.6 Å². The minimum Gasteiger partial charge on any atom is -0.487 e. The number of hydrogen-bond acceptors (Lipinski definition) is 6. The normalized spacial score (nSPS) is 14.6. The largest absolute Gasteiger partial charge is 0.487 e. The third-order valence-electron chi connectivity index (χ3n) is 5.83. The summed E-state index contributed by atoms with van der Waals surface area (Å²) in [5.74, 6) is -0.249. The Kier molecular flexibility index (Phi) is 7.52. The highest BCUT2D eigenvalue weighted by molar-refractivity contribution is 7.92. The molecule has 0 bridgehead atoms. The van der Waals surface area contributed by atoms with Crippen molar-refractivity contribution in [2.24, 2.45) is 0 Å². The summed E-state index contributed by atoms with van der Waals surface area (Å²) in [6.45, 7) is 0.702. The number of hydrogen-bond donors (Lipinski definition) is 1. The summed E-state index contributed by atoms with van der Waals surface area (Å²) >= 11 is 0. The van der Waals surface area contributed by atoms with E-state index in [9.17, 15) is 13.2 Å². The molecule has 0 radical (unpaired) electrons. The number of amides is 1. The van der Waals surface area contributed by atoms with Crippen molar-refractivity contribution in [3.05, 3.63) is 114 Å². The lowest BCUT2D eigenvalue weighted by molar-refractivity contribution is -0.117. The van der Waals surface area contributed by atoms with Gasteiger partial charge in [-0.2, -0.15) is 13.5 Å². The summed E-state index contributed by atoms with van der Waals surface area (Å²) in [7, 11) is -3.98. The lowest BCUT2D eigenvalue weighted by Crippen LogP contribution is -2.29. The SMILES string of the molecule is O=C1CN(c2ccc(C=Cc3ccnn3COCc3ccccc3)cc2OCc2ccccc2)S(=O)(=O)N1. The van der Waals surface area contributed by atoms with Crippen LogP contribution in [0.5, 0.6) is 5.75 Å². The molecule has 0 aliphatic carbocycles. The first kappa shape index (κ1) is 25.2. The fraction of sp³-hybridized carbons (Fsp3) is 0.143. The molecule has 4 aromatic rings. The van der Waals surface area contributed by atoms with Gasteiger partial charge in [0.2, 0.25) is 0 Å². The van der Waals surface area contributed by atoms with Gasteiger partial charge in [0.25, 0.3) is 5.91 Å². The van der Waals surface area contributed by atoms with Gasteiger partial charge < -0.3 is 9.47 Å². The van der Waals surface area contributed by atoms with Gasteiger partial charge in [-0.15, -0.1) is 0 Å². The number of carbonyl (C=O) groups excluding carboxylic acids is 1. The number of benzene rings is 3. The van der Waals surface area contributed by atoms with Gasteiger partial charge in [0.1, 0.15) is 25.6 Å². The second-order valence-corrected chi connectivity index (χ2v) is 10.2. The molecule has 38 heavy (non-hydrogen) atoms. The van der Waals surface area contributed by atoms with Crippen LogP contribution >= 0.6 is 0 Å². The Morgan fingerprint density at radius 2 is 1.61 bits per heavy atom. The Morgan fingerprint density at radius 1 is 0.895 bits per heavy atom. The molecule has 1 amide bonds. The van der Waals surface area contributed by atoms with E-state index in [4.69, 9.17) is 9.47 Å². The van der Waals surface area contributed by atoms with E-state index in [0.29, 0.717) is 19.1 Å². The highest BCUT2D eigenvalue weighted by atomic mass is 32.2. The van der Waals surface area contributed by atoms with Gasteiger partial charge in [-0.1, -0.05) is 72.8 Å². The first-order valence-electron chi connectivity index (χ1n) is 11.9. The van der Waals surface area contributed by atoms with Crippen molar-refractivity contribution >= 4 is 34.0 Å². The van der Waals surface area contributed by atoms with Crippen LogP contribution in [0, 0.1) is 0 Å². The summed E-state index contributed by atoms with van der Waals surface area (Å²) in [5, 5.41) is 4.33. The molecular weight excluding hydrogens is 504 g/mol. The zero-order chi connectivity index (χ0) is 26.4. The van der Waals surface area contributed by atoms with Crippen molar-refractivity contribution in [1.82, 2.24) is 14.5 Å². The van der Waals surface area contributed by atoms with E-state index < -0.39 is 16.1 Å². The van der Waals surface area contributed by atoms with E-state index >= 15 is 0 Å². The van der Waals surface area contributed by atoms with E-state index in [1.54, 1.807) is 29.1 Å². The number of nitrogens with one attached hydrogen (secondary N) is 1. The Morgan fingerprint density at radius 3 is 2.29 bits per heavy atom. The molecule has 1 fully saturated rings. The van der Waals surface area contributed by atoms with Crippen LogP contribution in [0.25, 0.3) is 12.2 Å². The lowest BCUT2D eigenvalue weighted by atomic mass is 10.1. The van der Waals surface area contributed by atoms with Gasteiger partial charge in [0.15, 0.2) is 0 Å². The molecule has 1 aliphatic rings. The van der Waals surface area contributed by atoms with Crippen molar-refractivity contribution in [3.63, 3.8) is 0 Å². The van der Waals surface area contributed by atoms with Gasteiger partial charge in [0, 0.05) is 6.20 Å². The number of aromatic nitrogens is 2. The second kappa shape index (κ2) is 11.3. The van der Waals surface area contributed by atoms with E-state index in [-0.39, 0.29) is 18.8 Å². The van der Waals surface area contributed by atoms with Crippen LogP contribution in [0.15, 0.2) is 91.1 Å². The summed E-state index contributed by atoms with van der Waals surface area (Å²) < 4.78 is 41.6. The molecule has 5 rings (SSSR count). The summed E-state index contributed by atoms with van der Waals surface area (Å²) in [5.41, 5.74) is 3.92. The summed E-state index contributed by atoms with van der Waals surface area (Å²) in [6, 6.07) is 26.5. The first-order valence-corrected chi connectivity index (χ1v) is 13.4. The molecule has 3 aromatic carbocycles. The maximum atomic E-state index is 12.5. The molecule has 10 heteroatoms. The molecule has 194 valence electrons. The standard InChI is InChI=1S/C28H26N4O5S/c33-28-18-32(38(34,35)30-28)26-14-12-22(17-27(26)37-20-24-9-5-2-6-10-24)11-13-25-15-16-29-31(25)21-36-19-23-7-3-1-4-8-23/h1-17H,18-21H2,(H,30,33). The van der Waals surface area contributed by atoms with Crippen molar-refractivity contribution in [1.29, 1.82) is 0 Å². The number of carbonyl (C=O) groups is 1. The zero-order valence-corrected chi connectivity index (χ0v) is 21.3. The molecule has 1 N–H and O–H groups in total. The predicted molar refractivity (Wildman–Crippen MR) is 144 cm³/mol. The van der Waals surface area contributed by atoms with Crippen LogP contribution in [-0.4, -0.2) is 30.7 Å². The van der Waals surface area contributed by atoms with E-state index in [1.165, 1.54) is 0 Å². The molecular formula is C28H26N4O5S. The molecule has 1 aromatic heterocycles. The van der Waals surface area contributed by atoms with Crippen LogP contribution in [0.3, 0.4) is 0 Å². The number of nitrogens with zero attached hydrogens (tertiary/aromatic N) is 3. The maximum Gasteiger partial charge on any atom is 0.326 e. The number of rotatable bonds is 10. The van der Waals surface area contributed by atoms with Crippen LogP contribution < -0.4 is 13.8 Å². The average Bonchev–Trinajstić information content (AvgIpc) is 3.49. The molecule has 0 spiro atoms. The minimum absolute atomic E-state index is 0.238. The predicted octanol–water partition coefficient (Wildman–Crippen LogP) is 3.99. The molecule has 0 atom stereocenters. The zero-order valence-electron chi connectivity index (χ0n) is 20.4. The molecule has 9 nitrogen and oxygen atoms in total. The van der Waals surface area contributed by atoms with Crippen LogP contribution in [0.2, 0.25) is 0 Å². The molecule has 0 saturated carbocycles. The van der Waals surface area contributed by atoms with Gasteiger partial charge in [-0.05, 0) is 41.0 Å². The van der Waals surface area contributed by atoms with Gasteiger partial charge in [0.05, 0.1) is 18.0 Å². The third kappa shape index (κ3) is 6.10. The van der Waals surface area contributed by atoms with Gasteiger partial charge in [-0.25, -0.2) is 13.7 Å². The molecule has 0 unspecified atom stereocenters. The lowest BCUT2D eigenvalue weighted by Gasteiger charge is -2.19. The van der Waals surface area contributed by atoms with E-state index in [2.05, 4.69) is 5.10 Å². The Hall–Kier alpha value is -4.41. The van der Waals surface area contributed by atoms with Crippen molar-refractivity contribution in [3.8, 4) is 5.75 Å². The quantitative estimate of drug-likeness (QED) is 0.333. The van der Waals surface area contributed by atoms with Crippen LogP contribution in [0.1, 0.15) is 22.4 Å². The first-order chi connectivity index (χ1) is 18.5. The maximum absolute atomic E-state index is 12.5. The van der Waals surface area contributed by atoms with Gasteiger partial charge >= 0.3 is 10.2 Å². The van der Waals surface area contributed by atoms with Crippen LogP contribution in [0.4, 0.5) is 5.69 Å². The van der Waals surface area contributed by atoms with Crippen LogP contribution in [-0.2, 0) is 39.7 Å². The highest BCUT2D eigenvalue weighted by Crippen LogP contribution is 2.33. The molecule has 1 saturated heterocycles. The minimum atomic E-state index is -3.98. The van der Waals surface area contributed by atoms with Crippen molar-refractivity contribution in [2.45, 2.75) is 19.9 Å². The van der Waals surface area contributed by atoms with Gasteiger partial charge in [-0.3, -0.25) is 4.79 Å². The fourth-order valence-corrected chi connectivity index (χ4v) is 5.11. The second-order valence-electron chi connectivity index (χ2n) is 8.59. The number of ether oxygens (including phenoxy) is 2. The highest BCUT2D eigenvalue weighted by Gasteiger charge is 2.35. The Balaban J connectivity index is 1.34. The molecule has 1 aliphatic heterocycles. The monoisotopic (exact) mass is 530 g/mol. The van der Waals surface area contributed by atoms with E-state index in [0.717, 1.165) is 26.7 Å². The third-order valence-corrected chi connectivity index (χ3v) is 7.22.